The number of halogens is 1. The van der Waals surface area contributed by atoms with Crippen LogP contribution in [0.25, 0.3) is 0 Å². The lowest BCUT2D eigenvalue weighted by atomic mass is 10.1. The minimum Gasteiger partial charge on any atom is -0.292 e. The molecular formula is C16H15BrN2O4. The second kappa shape index (κ2) is 6.23. The summed E-state index contributed by atoms with van der Waals surface area (Å²) in [6.45, 7) is -0.414. The molecule has 1 aliphatic heterocycles. The van der Waals surface area contributed by atoms with Crippen LogP contribution in [0, 0.1) is 0 Å². The number of carbonyl (C=O) groups is 4. The van der Waals surface area contributed by atoms with Gasteiger partial charge in [-0.3, -0.25) is 19.3 Å². The average molecular weight is 379 g/mol. The highest BCUT2D eigenvalue weighted by Gasteiger charge is 2.48. The molecule has 1 saturated carbocycles. The number of nitrogens with zero attached hydrogens (tertiary/aromatic N) is 2. The van der Waals surface area contributed by atoms with Crippen molar-refractivity contribution in [3.8, 4) is 0 Å². The van der Waals surface area contributed by atoms with Gasteiger partial charge in [0.1, 0.15) is 0 Å². The summed E-state index contributed by atoms with van der Waals surface area (Å²) in [7, 11) is 0. The first kappa shape index (κ1) is 15.9. The maximum atomic E-state index is 12.4. The second-order valence-corrected chi connectivity index (χ2v) is 6.64. The highest BCUT2D eigenvalue weighted by Crippen LogP contribution is 2.27. The summed E-state index contributed by atoms with van der Waals surface area (Å²) in [5, 5.41) is 0. The van der Waals surface area contributed by atoms with Crippen molar-refractivity contribution in [1.29, 1.82) is 0 Å². The Morgan fingerprint density at radius 1 is 1.13 bits per heavy atom. The molecule has 2 aliphatic rings. The topological polar surface area (TPSA) is 74.8 Å². The van der Waals surface area contributed by atoms with Gasteiger partial charge in [-0.05, 0) is 25.0 Å². The fourth-order valence-corrected chi connectivity index (χ4v) is 3.44. The van der Waals surface area contributed by atoms with E-state index in [-0.39, 0.29) is 11.8 Å². The molecule has 2 fully saturated rings. The smallest absolute Gasteiger partial charge is 0.292 e. The number of imide groups is 2. The van der Waals surface area contributed by atoms with Crippen LogP contribution in [0.15, 0.2) is 28.7 Å². The Balaban J connectivity index is 1.77. The fourth-order valence-electron chi connectivity index (χ4n) is 3.04. The van der Waals surface area contributed by atoms with Crippen LogP contribution in [0.1, 0.15) is 36.0 Å². The molecule has 7 heteroatoms. The third-order valence-corrected chi connectivity index (χ3v) is 4.72. The quantitative estimate of drug-likeness (QED) is 0.457. The highest BCUT2D eigenvalue weighted by molar-refractivity contribution is 9.10. The Kier molecular flexibility index (Phi) is 4.30. The van der Waals surface area contributed by atoms with Crippen molar-refractivity contribution in [3.63, 3.8) is 0 Å². The van der Waals surface area contributed by atoms with Crippen molar-refractivity contribution in [2.75, 3.05) is 6.54 Å². The highest BCUT2D eigenvalue weighted by atomic mass is 79.9. The first-order valence-electron chi connectivity index (χ1n) is 7.47. The molecule has 0 N–H and O–H groups in total. The molecule has 1 aromatic carbocycles. The maximum absolute atomic E-state index is 12.4. The maximum Gasteiger partial charge on any atom is 0.334 e. The van der Waals surface area contributed by atoms with E-state index < -0.39 is 24.4 Å². The van der Waals surface area contributed by atoms with Gasteiger partial charge in [0.25, 0.3) is 0 Å². The van der Waals surface area contributed by atoms with E-state index in [9.17, 15) is 19.2 Å². The van der Waals surface area contributed by atoms with Crippen LogP contribution in [0.5, 0.6) is 0 Å². The molecule has 0 unspecified atom stereocenters. The van der Waals surface area contributed by atoms with E-state index in [4.69, 9.17) is 0 Å². The number of urea groups is 1. The predicted molar refractivity (Wildman–Crippen MR) is 84.7 cm³/mol. The van der Waals surface area contributed by atoms with Crippen LogP contribution >= 0.6 is 15.9 Å². The molecule has 0 radical (unpaired) electrons. The Morgan fingerprint density at radius 2 is 1.83 bits per heavy atom. The Bertz CT molecular complexity index is 697. The molecule has 0 atom stereocenters. The van der Waals surface area contributed by atoms with Crippen LogP contribution in [0.2, 0.25) is 0 Å². The van der Waals surface area contributed by atoms with Gasteiger partial charge in [0.15, 0.2) is 5.78 Å². The van der Waals surface area contributed by atoms with Crippen LogP contribution in [0.3, 0.4) is 0 Å². The van der Waals surface area contributed by atoms with Gasteiger partial charge in [-0.1, -0.05) is 40.9 Å². The van der Waals surface area contributed by atoms with Gasteiger partial charge in [-0.25, -0.2) is 9.69 Å². The predicted octanol–water partition coefficient (Wildman–Crippen LogP) is 2.37. The monoisotopic (exact) mass is 378 g/mol. The van der Waals surface area contributed by atoms with Crippen molar-refractivity contribution in [2.45, 2.75) is 31.7 Å². The molecule has 120 valence electrons. The summed E-state index contributed by atoms with van der Waals surface area (Å²) in [5.41, 5.74) is 0.381. The van der Waals surface area contributed by atoms with Crippen molar-refractivity contribution < 1.29 is 19.2 Å². The van der Waals surface area contributed by atoms with E-state index in [2.05, 4.69) is 15.9 Å². The van der Waals surface area contributed by atoms with E-state index in [1.165, 1.54) is 0 Å². The molecule has 0 bridgehead atoms. The summed E-state index contributed by atoms with van der Waals surface area (Å²) in [5.74, 6) is -2.11. The number of amides is 4. The molecule has 0 aromatic heterocycles. The zero-order valence-corrected chi connectivity index (χ0v) is 13.9. The van der Waals surface area contributed by atoms with Gasteiger partial charge >= 0.3 is 17.8 Å². The average Bonchev–Trinajstić information content (AvgIpc) is 3.11. The lowest BCUT2D eigenvalue weighted by molar-refractivity contribution is -0.143. The normalized spacial score (nSPS) is 19.1. The fraction of sp³-hybridized carbons (Fsp3) is 0.375. The van der Waals surface area contributed by atoms with E-state index in [1.807, 2.05) is 0 Å². The first-order chi connectivity index (χ1) is 11.0. The van der Waals surface area contributed by atoms with Crippen molar-refractivity contribution >= 4 is 39.6 Å². The third-order valence-electron chi connectivity index (χ3n) is 4.22. The zero-order valence-electron chi connectivity index (χ0n) is 12.3. The van der Waals surface area contributed by atoms with Gasteiger partial charge in [0.05, 0.1) is 6.54 Å². The van der Waals surface area contributed by atoms with Gasteiger partial charge in [-0.2, -0.15) is 0 Å². The minimum atomic E-state index is -0.912. The summed E-state index contributed by atoms with van der Waals surface area (Å²) in [6.07, 6.45) is 3.32. The van der Waals surface area contributed by atoms with Gasteiger partial charge < -0.3 is 0 Å². The van der Waals surface area contributed by atoms with Crippen LogP contribution in [0.4, 0.5) is 4.79 Å². The molecule has 1 saturated heterocycles. The van der Waals surface area contributed by atoms with Crippen LogP contribution in [-0.2, 0) is 9.59 Å². The molecular weight excluding hydrogens is 364 g/mol. The van der Waals surface area contributed by atoms with E-state index in [1.54, 1.807) is 24.3 Å². The zero-order chi connectivity index (χ0) is 16.6. The van der Waals surface area contributed by atoms with Crippen LogP contribution < -0.4 is 0 Å². The van der Waals surface area contributed by atoms with Gasteiger partial charge in [-0.15, -0.1) is 0 Å². The number of hydrogen-bond acceptors (Lipinski definition) is 4. The third kappa shape index (κ3) is 2.93. The molecule has 0 spiro atoms. The van der Waals surface area contributed by atoms with E-state index in [0.717, 1.165) is 40.0 Å². The van der Waals surface area contributed by atoms with Crippen molar-refractivity contribution in [2.24, 2.45) is 0 Å². The molecule has 23 heavy (non-hydrogen) atoms. The number of rotatable bonds is 4. The van der Waals surface area contributed by atoms with Gasteiger partial charge in [0, 0.05) is 16.1 Å². The largest absolute Gasteiger partial charge is 0.334 e. The number of carbonyl (C=O) groups excluding carboxylic acids is 4. The van der Waals surface area contributed by atoms with Crippen LogP contribution in [-0.4, -0.2) is 46.0 Å². The van der Waals surface area contributed by atoms with E-state index in [0.29, 0.717) is 5.56 Å². The molecule has 6 nitrogen and oxygen atoms in total. The Morgan fingerprint density at radius 3 is 2.48 bits per heavy atom. The Hall–Kier alpha value is -2.02. The standard InChI is InChI=1S/C16H15BrN2O4/c17-11-5-3-4-10(8-11)13(20)9-18-14(21)15(22)19(16(18)23)12-6-1-2-7-12/h3-5,8,12H,1-2,6-7,9H2. The van der Waals surface area contributed by atoms with Crippen molar-refractivity contribution in [3.05, 3.63) is 34.3 Å². The number of Topliss-reactive ketones (excluding diaryl/α,β-unsaturated/α-hetero) is 1. The number of ketones is 1. The summed E-state index contributed by atoms with van der Waals surface area (Å²) in [6, 6.07) is 5.80. The molecule has 4 amide bonds. The minimum absolute atomic E-state index is 0.218. The number of hydrogen-bond donors (Lipinski definition) is 0. The summed E-state index contributed by atoms with van der Waals surface area (Å²) < 4.78 is 0.728. The second-order valence-electron chi connectivity index (χ2n) is 5.72. The van der Waals surface area contributed by atoms with Gasteiger partial charge in [0.2, 0.25) is 0 Å². The molecule has 1 heterocycles. The lowest BCUT2D eigenvalue weighted by Crippen LogP contribution is -2.41. The van der Waals surface area contributed by atoms with Crippen molar-refractivity contribution in [1.82, 2.24) is 9.80 Å². The first-order valence-corrected chi connectivity index (χ1v) is 8.26. The molecule has 1 aliphatic carbocycles. The summed E-state index contributed by atoms with van der Waals surface area (Å²) in [4.78, 5) is 50.6. The summed E-state index contributed by atoms with van der Waals surface area (Å²) >= 11 is 3.27. The lowest BCUT2D eigenvalue weighted by Gasteiger charge is -2.20. The molecule has 1 aromatic rings. The number of benzene rings is 1. The molecule has 3 rings (SSSR count). The SMILES string of the molecule is O=C(CN1C(=O)C(=O)N(C2CCCC2)C1=O)c1cccc(Br)c1. The Labute approximate surface area is 141 Å². The van der Waals surface area contributed by atoms with E-state index >= 15 is 0 Å².